The number of nitrogens with zero attached hydrogens (tertiary/aromatic N) is 5. The number of carbonyl (C=O) groups excluding carboxylic acids is 1. The molecule has 0 spiro atoms. The van der Waals surface area contributed by atoms with Crippen molar-refractivity contribution in [2.45, 2.75) is 25.0 Å². The topological polar surface area (TPSA) is 144 Å². The summed E-state index contributed by atoms with van der Waals surface area (Å²) in [6.07, 6.45) is 1.20. The predicted octanol–water partition coefficient (Wildman–Crippen LogP) is 1.08. The number of sulfonamides is 1. The molecule has 3 N–H and O–H groups in total. The molecule has 0 atom stereocenters. The van der Waals surface area contributed by atoms with Gasteiger partial charge in [0.25, 0.3) is 10.0 Å². The van der Waals surface area contributed by atoms with Gasteiger partial charge in [-0.1, -0.05) is 11.3 Å². The van der Waals surface area contributed by atoms with E-state index < -0.39 is 10.0 Å². The number of amides is 1. The van der Waals surface area contributed by atoms with Gasteiger partial charge in [-0.15, -0.1) is 10.2 Å². The molecule has 0 saturated heterocycles. The molecule has 11 nitrogen and oxygen atoms in total. The Morgan fingerprint density at radius 1 is 1.21 bits per heavy atom. The summed E-state index contributed by atoms with van der Waals surface area (Å²) in [5, 5.41) is 18.2. The summed E-state index contributed by atoms with van der Waals surface area (Å²) in [6.45, 7) is 5.61. The second-order valence-corrected chi connectivity index (χ2v) is 9.13. The van der Waals surface area contributed by atoms with Crippen LogP contribution in [0.1, 0.15) is 18.3 Å². The molecule has 3 rings (SSSR count). The highest BCUT2D eigenvalue weighted by Gasteiger charge is 2.17. The quantitative estimate of drug-likeness (QED) is 0.445. The van der Waals surface area contributed by atoms with E-state index in [9.17, 15) is 13.2 Å². The Morgan fingerprint density at radius 3 is 2.62 bits per heavy atom. The van der Waals surface area contributed by atoms with Crippen LogP contribution in [0.15, 0.2) is 28.6 Å². The molecule has 1 amide bonds. The summed E-state index contributed by atoms with van der Waals surface area (Å²) in [5.74, 6) is 0.799. The Labute approximate surface area is 171 Å². The van der Waals surface area contributed by atoms with Crippen molar-refractivity contribution in [1.82, 2.24) is 29.7 Å². The smallest absolute Gasteiger partial charge is 0.251 e. The summed E-state index contributed by atoms with van der Waals surface area (Å²) in [7, 11) is -3.71. The van der Waals surface area contributed by atoms with Crippen LogP contribution in [0, 0.1) is 13.8 Å². The molecule has 3 heterocycles. The average Bonchev–Trinajstić information content (AvgIpc) is 3.25. The van der Waals surface area contributed by atoms with Crippen molar-refractivity contribution >= 4 is 38.2 Å². The molecule has 0 bridgehead atoms. The van der Waals surface area contributed by atoms with Gasteiger partial charge in [0.2, 0.25) is 5.91 Å². The Bertz CT molecular complexity index is 1110. The molecule has 154 valence electrons. The maximum atomic E-state index is 12.3. The summed E-state index contributed by atoms with van der Waals surface area (Å²) in [5.41, 5.74) is 1.85. The minimum atomic E-state index is -3.71. The maximum Gasteiger partial charge on any atom is 0.251 e. The monoisotopic (exact) mass is 436 g/mol. The summed E-state index contributed by atoms with van der Waals surface area (Å²) >= 11 is 0.880. The normalized spacial score (nSPS) is 11.4. The first-order valence-corrected chi connectivity index (χ1v) is 10.9. The first-order valence-electron chi connectivity index (χ1n) is 8.59. The lowest BCUT2D eigenvalue weighted by atomic mass is 10.4. The van der Waals surface area contributed by atoms with E-state index >= 15 is 0 Å². The number of nitrogens with one attached hydrogen (secondary N) is 3. The van der Waals surface area contributed by atoms with E-state index in [-0.39, 0.29) is 21.8 Å². The van der Waals surface area contributed by atoms with Crippen LogP contribution in [0.2, 0.25) is 0 Å². The SMILES string of the molecule is CC(=O)Nc1ncc(S(=O)(=O)NCCNc2ccc(-n3nc(C)cc3C)nn2)s1. The molecule has 0 fully saturated rings. The van der Waals surface area contributed by atoms with E-state index in [0.29, 0.717) is 18.2 Å². The number of hydrogen-bond donors (Lipinski definition) is 3. The zero-order valence-electron chi connectivity index (χ0n) is 16.0. The summed E-state index contributed by atoms with van der Waals surface area (Å²) < 4.78 is 28.7. The van der Waals surface area contributed by atoms with Crippen LogP contribution in [-0.2, 0) is 14.8 Å². The maximum absolute atomic E-state index is 12.3. The Morgan fingerprint density at radius 2 is 2.00 bits per heavy atom. The minimum absolute atomic E-state index is 0.0234. The molecule has 0 aliphatic rings. The van der Waals surface area contributed by atoms with Crippen molar-refractivity contribution in [1.29, 1.82) is 0 Å². The van der Waals surface area contributed by atoms with Crippen LogP contribution in [0.3, 0.4) is 0 Å². The number of rotatable bonds is 8. The van der Waals surface area contributed by atoms with Gasteiger partial charge in [-0.3, -0.25) is 4.79 Å². The highest BCUT2D eigenvalue weighted by molar-refractivity contribution is 7.91. The third-order valence-corrected chi connectivity index (χ3v) is 6.47. The standard InChI is InChI=1S/C16H20N8O3S2/c1-10-8-11(2)24(23-10)14-5-4-13(21-22-14)17-6-7-19-29(26,27)15-9-18-16(28-15)20-12(3)25/h4-5,8-9,19H,6-7H2,1-3H3,(H,17,21)(H,18,20,25). The van der Waals surface area contributed by atoms with E-state index in [4.69, 9.17) is 0 Å². The zero-order chi connectivity index (χ0) is 21.0. The van der Waals surface area contributed by atoms with Gasteiger partial charge >= 0.3 is 0 Å². The second kappa shape index (κ2) is 8.63. The zero-order valence-corrected chi connectivity index (χ0v) is 17.6. The molecular formula is C16H20N8O3S2. The summed E-state index contributed by atoms with van der Waals surface area (Å²) in [4.78, 5) is 14.9. The lowest BCUT2D eigenvalue weighted by Crippen LogP contribution is -2.28. The Kier molecular flexibility index (Phi) is 6.20. The van der Waals surface area contributed by atoms with Crippen LogP contribution < -0.4 is 15.4 Å². The van der Waals surface area contributed by atoms with E-state index in [1.165, 1.54) is 13.1 Å². The molecule has 13 heteroatoms. The summed E-state index contributed by atoms with van der Waals surface area (Å²) in [6, 6.07) is 5.47. The molecule has 29 heavy (non-hydrogen) atoms. The fourth-order valence-corrected chi connectivity index (χ4v) is 4.59. The van der Waals surface area contributed by atoms with Crippen LogP contribution in [0.4, 0.5) is 10.9 Å². The Hall–Kier alpha value is -2.90. The van der Waals surface area contributed by atoms with Crippen LogP contribution >= 0.6 is 11.3 Å². The minimum Gasteiger partial charge on any atom is -0.367 e. The first kappa shape index (κ1) is 20.8. The van der Waals surface area contributed by atoms with Gasteiger partial charge in [-0.2, -0.15) is 5.10 Å². The van der Waals surface area contributed by atoms with E-state index in [1.54, 1.807) is 16.8 Å². The first-order chi connectivity index (χ1) is 13.7. The molecule has 0 aliphatic heterocycles. The van der Waals surface area contributed by atoms with E-state index in [2.05, 4.69) is 35.6 Å². The van der Waals surface area contributed by atoms with Crippen LogP contribution in [-0.4, -0.2) is 52.4 Å². The number of carbonyl (C=O) groups is 1. The lowest BCUT2D eigenvalue weighted by molar-refractivity contribution is -0.114. The number of aryl methyl sites for hydroxylation is 2. The van der Waals surface area contributed by atoms with E-state index in [0.717, 1.165) is 22.7 Å². The number of hydrogen-bond acceptors (Lipinski definition) is 9. The van der Waals surface area contributed by atoms with Crippen LogP contribution in [0.25, 0.3) is 5.82 Å². The van der Waals surface area contributed by atoms with Gasteiger partial charge in [0.15, 0.2) is 15.2 Å². The van der Waals surface area contributed by atoms with Crippen molar-refractivity contribution in [3.05, 3.63) is 35.8 Å². The van der Waals surface area contributed by atoms with Crippen molar-refractivity contribution in [2.24, 2.45) is 0 Å². The Balaban J connectivity index is 1.51. The largest absolute Gasteiger partial charge is 0.367 e. The molecule has 3 aromatic rings. The highest BCUT2D eigenvalue weighted by atomic mass is 32.2. The van der Waals surface area contributed by atoms with E-state index in [1.807, 2.05) is 19.9 Å². The van der Waals surface area contributed by atoms with Crippen LogP contribution in [0.5, 0.6) is 0 Å². The fraction of sp³-hybridized carbons (Fsp3) is 0.312. The van der Waals surface area contributed by atoms with Gasteiger partial charge in [0.05, 0.1) is 11.9 Å². The second-order valence-electron chi connectivity index (χ2n) is 6.11. The van der Waals surface area contributed by atoms with Gasteiger partial charge < -0.3 is 10.6 Å². The van der Waals surface area contributed by atoms with Crippen molar-refractivity contribution in [3.8, 4) is 5.82 Å². The fourth-order valence-electron chi connectivity index (χ4n) is 2.43. The average molecular weight is 437 g/mol. The van der Waals surface area contributed by atoms with Crippen molar-refractivity contribution in [2.75, 3.05) is 23.7 Å². The number of anilines is 2. The van der Waals surface area contributed by atoms with Gasteiger partial charge in [-0.25, -0.2) is 22.8 Å². The molecular weight excluding hydrogens is 416 g/mol. The third-order valence-electron chi connectivity index (χ3n) is 3.63. The third kappa shape index (κ3) is 5.34. The molecule has 0 unspecified atom stereocenters. The van der Waals surface area contributed by atoms with Crippen molar-refractivity contribution < 1.29 is 13.2 Å². The van der Waals surface area contributed by atoms with Gasteiger partial charge in [-0.05, 0) is 32.0 Å². The van der Waals surface area contributed by atoms with Gasteiger partial charge in [0, 0.05) is 25.7 Å². The van der Waals surface area contributed by atoms with Crippen molar-refractivity contribution in [3.63, 3.8) is 0 Å². The van der Waals surface area contributed by atoms with Gasteiger partial charge in [0.1, 0.15) is 5.82 Å². The number of thiazole rings is 1. The number of aromatic nitrogens is 5. The highest BCUT2D eigenvalue weighted by Crippen LogP contribution is 2.22. The molecule has 0 saturated carbocycles. The predicted molar refractivity (Wildman–Crippen MR) is 109 cm³/mol. The molecule has 0 aliphatic carbocycles. The molecule has 3 aromatic heterocycles. The molecule has 0 radical (unpaired) electrons. The lowest BCUT2D eigenvalue weighted by Gasteiger charge is -2.07. The molecule has 0 aromatic carbocycles.